The summed E-state index contributed by atoms with van der Waals surface area (Å²) in [4.78, 5) is 19.5. The molecule has 1 aliphatic rings. The molecule has 1 aromatic carbocycles. The minimum Gasteiger partial charge on any atom is -0.364 e. The Labute approximate surface area is 209 Å². The van der Waals surface area contributed by atoms with Crippen molar-refractivity contribution < 1.29 is 13.6 Å². The summed E-state index contributed by atoms with van der Waals surface area (Å²) in [5, 5.41) is 18.5. The molecule has 0 bridgehead atoms. The minimum atomic E-state index is -0.468. The molecule has 1 aliphatic heterocycles. The second-order valence-electron chi connectivity index (χ2n) is 8.80. The van der Waals surface area contributed by atoms with E-state index in [1.54, 1.807) is 29.9 Å². The number of nitrogens with zero attached hydrogens (tertiary/aromatic N) is 8. The maximum absolute atomic E-state index is 14.5. The van der Waals surface area contributed by atoms with Gasteiger partial charge in [-0.25, -0.2) is 18.0 Å². The smallest absolute Gasteiger partial charge is 0.259 e. The van der Waals surface area contributed by atoms with Crippen LogP contribution < -0.4 is 10.2 Å². The van der Waals surface area contributed by atoms with Crippen LogP contribution in [0.15, 0.2) is 61.1 Å². The summed E-state index contributed by atoms with van der Waals surface area (Å²) in [7, 11) is 1.71. The van der Waals surface area contributed by atoms with Crippen LogP contribution in [0.5, 0.6) is 0 Å². The molecular weight excluding hydrogens is 480 g/mol. The zero-order chi connectivity index (χ0) is 25.5. The van der Waals surface area contributed by atoms with Crippen molar-refractivity contribution >= 4 is 22.8 Å². The van der Waals surface area contributed by atoms with E-state index in [-0.39, 0.29) is 11.9 Å². The second kappa shape index (κ2) is 9.04. The molecule has 0 radical (unpaired) electrons. The Kier molecular flexibility index (Phi) is 5.55. The average Bonchev–Trinajstić information content (AvgIpc) is 3.65. The lowest BCUT2D eigenvalue weighted by molar-refractivity contribution is 0.102. The van der Waals surface area contributed by atoms with Gasteiger partial charge < -0.3 is 10.2 Å². The largest absolute Gasteiger partial charge is 0.364 e. The number of halogens is 2. The third-order valence-electron chi connectivity index (χ3n) is 6.52. The first kappa shape index (κ1) is 22.7. The van der Waals surface area contributed by atoms with Gasteiger partial charge in [0.05, 0.1) is 35.2 Å². The molecular formula is C25H21F2N9O. The van der Waals surface area contributed by atoms with Gasteiger partial charge in [0.1, 0.15) is 17.3 Å². The van der Waals surface area contributed by atoms with Gasteiger partial charge in [-0.15, -0.1) is 5.10 Å². The fourth-order valence-corrected chi connectivity index (χ4v) is 4.74. The molecule has 6 rings (SSSR count). The number of anilines is 2. The monoisotopic (exact) mass is 501 g/mol. The van der Waals surface area contributed by atoms with Gasteiger partial charge in [-0.05, 0) is 65.7 Å². The molecule has 1 unspecified atom stereocenters. The molecule has 0 aliphatic carbocycles. The highest BCUT2D eigenvalue weighted by Gasteiger charge is 2.29. The number of benzene rings is 1. The number of tetrazole rings is 1. The van der Waals surface area contributed by atoms with Gasteiger partial charge in [0.15, 0.2) is 5.82 Å². The maximum Gasteiger partial charge on any atom is 0.259 e. The van der Waals surface area contributed by atoms with Crippen molar-refractivity contribution in [2.24, 2.45) is 7.05 Å². The van der Waals surface area contributed by atoms with Gasteiger partial charge in [-0.2, -0.15) is 5.10 Å². The number of hydrogen-bond acceptors (Lipinski definition) is 7. The molecule has 5 aromatic rings. The quantitative estimate of drug-likeness (QED) is 0.391. The van der Waals surface area contributed by atoms with Crippen molar-refractivity contribution in [3.8, 4) is 11.5 Å². The predicted octanol–water partition coefficient (Wildman–Crippen LogP) is 3.79. The van der Waals surface area contributed by atoms with Crippen molar-refractivity contribution in [1.82, 2.24) is 34.8 Å². The molecule has 4 aromatic heterocycles. The Morgan fingerprint density at radius 3 is 2.78 bits per heavy atom. The van der Waals surface area contributed by atoms with E-state index < -0.39 is 11.6 Å². The number of carbonyl (C=O) groups excluding carboxylic acids is 1. The van der Waals surface area contributed by atoms with E-state index in [2.05, 4.69) is 30.9 Å². The van der Waals surface area contributed by atoms with Crippen molar-refractivity contribution in [3.05, 3.63) is 83.8 Å². The Morgan fingerprint density at radius 1 is 1.11 bits per heavy atom. The van der Waals surface area contributed by atoms with Crippen LogP contribution in [0.2, 0.25) is 0 Å². The molecule has 12 heteroatoms. The standard InChI is InChI=1S/C25H21F2N9O/c1-34-24(31-32-33-34)21-7-5-16(13-28-21)30-25(37)19-14-29-36-10-8-17(12-23(19)36)35-9-2-3-22(35)18-11-15(26)4-6-20(18)27/h4-8,10-14,22H,2-3,9H2,1H3,(H,30,37). The van der Waals surface area contributed by atoms with Crippen LogP contribution in [0.4, 0.5) is 20.2 Å². The average molecular weight is 502 g/mol. The Hall–Kier alpha value is -4.74. The number of nitrogens with one attached hydrogen (secondary N) is 1. The van der Waals surface area contributed by atoms with Gasteiger partial charge in [-0.1, -0.05) is 0 Å². The Bertz CT molecular complexity index is 1610. The molecule has 1 N–H and O–H groups in total. The molecule has 1 amide bonds. The van der Waals surface area contributed by atoms with Crippen LogP contribution in [-0.4, -0.2) is 47.3 Å². The first-order valence-corrected chi connectivity index (χ1v) is 11.7. The normalized spacial score (nSPS) is 15.4. The molecule has 186 valence electrons. The van der Waals surface area contributed by atoms with E-state index in [4.69, 9.17) is 0 Å². The summed E-state index contributed by atoms with van der Waals surface area (Å²) in [6.07, 6.45) is 6.32. The van der Waals surface area contributed by atoms with E-state index in [0.29, 0.717) is 46.8 Å². The molecule has 0 saturated carbocycles. The number of hydrogen-bond donors (Lipinski definition) is 1. The Morgan fingerprint density at radius 2 is 2.00 bits per heavy atom. The number of amides is 1. The van der Waals surface area contributed by atoms with Crippen molar-refractivity contribution in [3.63, 3.8) is 0 Å². The number of carbonyl (C=O) groups is 1. The van der Waals surface area contributed by atoms with Crippen LogP contribution in [0.1, 0.15) is 34.8 Å². The molecule has 37 heavy (non-hydrogen) atoms. The van der Waals surface area contributed by atoms with Crippen LogP contribution in [0.25, 0.3) is 17.0 Å². The van der Waals surface area contributed by atoms with Crippen molar-refractivity contribution in [2.75, 3.05) is 16.8 Å². The first-order valence-electron chi connectivity index (χ1n) is 11.7. The number of fused-ring (bicyclic) bond motifs is 1. The van der Waals surface area contributed by atoms with E-state index >= 15 is 0 Å². The molecule has 5 heterocycles. The summed E-state index contributed by atoms with van der Waals surface area (Å²) >= 11 is 0. The van der Waals surface area contributed by atoms with Gasteiger partial charge >= 0.3 is 0 Å². The van der Waals surface area contributed by atoms with E-state index in [0.717, 1.165) is 24.2 Å². The number of aryl methyl sites for hydroxylation is 1. The van der Waals surface area contributed by atoms with Gasteiger partial charge in [0.2, 0.25) is 0 Å². The van der Waals surface area contributed by atoms with Crippen molar-refractivity contribution in [2.45, 2.75) is 18.9 Å². The highest BCUT2D eigenvalue weighted by Crippen LogP contribution is 2.38. The lowest BCUT2D eigenvalue weighted by Crippen LogP contribution is -2.23. The van der Waals surface area contributed by atoms with E-state index in [1.807, 2.05) is 17.0 Å². The molecule has 1 atom stereocenters. The van der Waals surface area contributed by atoms with Crippen molar-refractivity contribution in [1.29, 1.82) is 0 Å². The summed E-state index contributed by atoms with van der Waals surface area (Å²) < 4.78 is 31.5. The predicted molar refractivity (Wildman–Crippen MR) is 131 cm³/mol. The number of pyridine rings is 2. The highest BCUT2D eigenvalue weighted by atomic mass is 19.1. The van der Waals surface area contributed by atoms with Gasteiger partial charge in [-0.3, -0.25) is 9.78 Å². The number of rotatable bonds is 5. The lowest BCUT2D eigenvalue weighted by atomic mass is 10.0. The molecule has 1 fully saturated rings. The SMILES string of the molecule is Cn1nnnc1-c1ccc(NC(=O)c2cnn3ccc(N4CCCC4c4cc(F)ccc4F)cc23)cn1. The van der Waals surface area contributed by atoms with Crippen LogP contribution in [0, 0.1) is 11.6 Å². The second-order valence-corrected chi connectivity index (χ2v) is 8.80. The molecule has 10 nitrogen and oxygen atoms in total. The van der Waals surface area contributed by atoms with Crippen LogP contribution >= 0.6 is 0 Å². The lowest BCUT2D eigenvalue weighted by Gasteiger charge is -2.27. The van der Waals surface area contributed by atoms with Gasteiger partial charge in [0.25, 0.3) is 5.91 Å². The zero-order valence-electron chi connectivity index (χ0n) is 19.7. The maximum atomic E-state index is 14.5. The number of aromatic nitrogens is 7. The van der Waals surface area contributed by atoms with Crippen LogP contribution in [-0.2, 0) is 7.05 Å². The summed E-state index contributed by atoms with van der Waals surface area (Å²) in [5.41, 5.74) is 3.17. The van der Waals surface area contributed by atoms with E-state index in [9.17, 15) is 13.6 Å². The van der Waals surface area contributed by atoms with Gasteiger partial charge in [0, 0.05) is 31.0 Å². The summed E-state index contributed by atoms with van der Waals surface area (Å²) in [6.45, 7) is 0.686. The topological polar surface area (TPSA) is 106 Å². The Balaban J connectivity index is 1.26. The fraction of sp³-hybridized carbons (Fsp3) is 0.200. The third kappa shape index (κ3) is 4.15. The summed E-state index contributed by atoms with van der Waals surface area (Å²) in [5.74, 6) is -0.745. The highest BCUT2D eigenvalue weighted by molar-refractivity contribution is 6.09. The first-order chi connectivity index (χ1) is 18.0. The van der Waals surface area contributed by atoms with E-state index in [1.165, 1.54) is 23.1 Å². The molecule has 0 spiro atoms. The van der Waals surface area contributed by atoms with Crippen LogP contribution in [0.3, 0.4) is 0 Å². The molecule has 1 saturated heterocycles. The third-order valence-corrected chi connectivity index (χ3v) is 6.52. The summed E-state index contributed by atoms with van der Waals surface area (Å²) in [6, 6.07) is 10.4. The zero-order valence-corrected chi connectivity index (χ0v) is 19.7. The minimum absolute atomic E-state index is 0.299. The fourth-order valence-electron chi connectivity index (χ4n) is 4.74.